The van der Waals surface area contributed by atoms with Crippen LogP contribution in [0.15, 0.2) is 103 Å². The molecule has 4 aromatic rings. The quantitative estimate of drug-likeness (QED) is 0.253. The highest BCUT2D eigenvalue weighted by Crippen LogP contribution is 2.38. The van der Waals surface area contributed by atoms with Gasteiger partial charge in [-0.1, -0.05) is 91.0 Å². The van der Waals surface area contributed by atoms with Crippen molar-refractivity contribution < 1.29 is 18.9 Å². The molecule has 1 aromatic heterocycles. The first-order valence-electron chi connectivity index (χ1n) is 12.3. The van der Waals surface area contributed by atoms with E-state index in [1.54, 1.807) is 17.5 Å². The Balaban J connectivity index is 1.42. The summed E-state index contributed by atoms with van der Waals surface area (Å²) in [7, 11) is 0. The number of rotatable bonds is 10. The van der Waals surface area contributed by atoms with Crippen LogP contribution in [0.3, 0.4) is 0 Å². The molecule has 186 valence electrons. The second kappa shape index (κ2) is 12.4. The Labute approximate surface area is 216 Å². The third kappa shape index (κ3) is 6.27. The van der Waals surface area contributed by atoms with Gasteiger partial charge in [0.15, 0.2) is 0 Å². The second-order valence-electron chi connectivity index (χ2n) is 8.92. The van der Waals surface area contributed by atoms with Crippen LogP contribution in [0.2, 0.25) is 0 Å². The molecule has 0 radical (unpaired) electrons. The summed E-state index contributed by atoms with van der Waals surface area (Å²) < 4.78 is 26.2. The van der Waals surface area contributed by atoms with Crippen molar-refractivity contribution in [3.05, 3.63) is 124 Å². The molecule has 0 spiro atoms. The van der Waals surface area contributed by atoms with E-state index < -0.39 is 6.10 Å². The zero-order valence-corrected chi connectivity index (χ0v) is 21.1. The van der Waals surface area contributed by atoms with Crippen molar-refractivity contribution >= 4 is 11.3 Å². The Morgan fingerprint density at radius 3 is 1.61 bits per heavy atom. The Morgan fingerprint density at radius 2 is 1.14 bits per heavy atom. The van der Waals surface area contributed by atoms with Crippen molar-refractivity contribution in [2.45, 2.75) is 57.3 Å². The molecule has 36 heavy (non-hydrogen) atoms. The van der Waals surface area contributed by atoms with E-state index in [0.29, 0.717) is 19.8 Å². The van der Waals surface area contributed by atoms with E-state index in [0.717, 1.165) is 21.7 Å². The summed E-state index contributed by atoms with van der Waals surface area (Å²) in [6.45, 7) is 3.42. The Kier molecular flexibility index (Phi) is 8.54. The predicted molar refractivity (Wildman–Crippen MR) is 140 cm³/mol. The van der Waals surface area contributed by atoms with Crippen LogP contribution in [-0.4, -0.2) is 29.4 Å². The molecule has 5 rings (SSSR count). The number of nitrogens with zero attached hydrogens (tertiary/aromatic N) is 1. The molecule has 0 saturated carbocycles. The first-order chi connectivity index (χ1) is 17.8. The van der Waals surface area contributed by atoms with E-state index in [2.05, 4.69) is 41.4 Å². The lowest BCUT2D eigenvalue weighted by atomic mass is 9.94. The largest absolute Gasteiger partial charge is 0.368 e. The molecule has 1 aliphatic heterocycles. The van der Waals surface area contributed by atoms with Gasteiger partial charge in [0.05, 0.1) is 25.9 Å². The van der Waals surface area contributed by atoms with Gasteiger partial charge in [-0.25, -0.2) is 4.98 Å². The lowest BCUT2D eigenvalue weighted by Crippen LogP contribution is -2.56. The predicted octanol–water partition coefficient (Wildman–Crippen LogP) is 6.36. The van der Waals surface area contributed by atoms with Crippen LogP contribution in [-0.2, 0) is 38.8 Å². The van der Waals surface area contributed by atoms with Crippen molar-refractivity contribution in [2.24, 2.45) is 0 Å². The highest BCUT2D eigenvalue weighted by molar-refractivity contribution is 7.09. The van der Waals surface area contributed by atoms with Crippen molar-refractivity contribution in [2.75, 3.05) is 0 Å². The van der Waals surface area contributed by atoms with E-state index in [9.17, 15) is 0 Å². The number of thiazole rings is 1. The molecule has 1 saturated heterocycles. The van der Waals surface area contributed by atoms with Crippen LogP contribution < -0.4 is 0 Å². The molecule has 0 N–H and O–H groups in total. The van der Waals surface area contributed by atoms with Gasteiger partial charge in [0.2, 0.25) is 0 Å². The van der Waals surface area contributed by atoms with Crippen molar-refractivity contribution in [3.63, 3.8) is 0 Å². The summed E-state index contributed by atoms with van der Waals surface area (Å²) in [6.07, 6.45) is 0.194. The van der Waals surface area contributed by atoms with Crippen LogP contribution >= 0.6 is 11.3 Å². The molecule has 2 heterocycles. The lowest BCUT2D eigenvalue weighted by molar-refractivity contribution is -0.263. The molecular formula is C30H31NO4S. The van der Waals surface area contributed by atoms with E-state index in [1.807, 2.05) is 66.9 Å². The van der Waals surface area contributed by atoms with Crippen LogP contribution in [0, 0.1) is 0 Å². The third-order valence-electron chi connectivity index (χ3n) is 6.32. The normalized spacial score (nSPS) is 24.0. The molecule has 1 aliphatic rings. The molecular weight excluding hydrogens is 470 g/mol. The summed E-state index contributed by atoms with van der Waals surface area (Å²) in [4.78, 5) is 4.57. The molecule has 5 nitrogen and oxygen atoms in total. The number of ether oxygens (including phenoxy) is 4. The monoisotopic (exact) mass is 501 g/mol. The van der Waals surface area contributed by atoms with E-state index in [4.69, 9.17) is 18.9 Å². The van der Waals surface area contributed by atoms with Crippen LogP contribution in [0.5, 0.6) is 0 Å². The highest BCUT2D eigenvalue weighted by atomic mass is 32.1. The molecule has 0 bridgehead atoms. The summed E-state index contributed by atoms with van der Waals surface area (Å²) in [5.41, 5.74) is 3.30. The summed E-state index contributed by atoms with van der Waals surface area (Å²) in [5, 5.41) is 2.85. The number of hydrogen-bond acceptors (Lipinski definition) is 6. The smallest absolute Gasteiger partial charge is 0.138 e. The lowest BCUT2D eigenvalue weighted by Gasteiger charge is -2.45. The van der Waals surface area contributed by atoms with Gasteiger partial charge >= 0.3 is 0 Å². The topological polar surface area (TPSA) is 49.8 Å². The fourth-order valence-electron chi connectivity index (χ4n) is 4.49. The number of aromatic nitrogens is 1. The first kappa shape index (κ1) is 24.8. The molecule has 0 amide bonds. The van der Waals surface area contributed by atoms with E-state index in [-0.39, 0.29) is 24.4 Å². The molecule has 0 aliphatic carbocycles. The Hall–Kier alpha value is -2.87. The fraction of sp³-hybridized carbons (Fsp3) is 0.300. The summed E-state index contributed by atoms with van der Waals surface area (Å²) in [5.74, 6) is 0. The van der Waals surface area contributed by atoms with Gasteiger partial charge in [0.1, 0.15) is 29.4 Å². The van der Waals surface area contributed by atoms with Crippen LogP contribution in [0.4, 0.5) is 0 Å². The van der Waals surface area contributed by atoms with Gasteiger partial charge < -0.3 is 18.9 Å². The average Bonchev–Trinajstić information content (AvgIpc) is 3.47. The molecule has 0 unspecified atom stereocenters. The van der Waals surface area contributed by atoms with Gasteiger partial charge in [0.25, 0.3) is 0 Å². The Bertz CT molecular complexity index is 1160. The van der Waals surface area contributed by atoms with Crippen molar-refractivity contribution in [3.8, 4) is 0 Å². The molecule has 6 heteroatoms. The van der Waals surface area contributed by atoms with Crippen molar-refractivity contribution in [1.82, 2.24) is 4.98 Å². The van der Waals surface area contributed by atoms with Gasteiger partial charge in [-0.15, -0.1) is 11.3 Å². The zero-order valence-electron chi connectivity index (χ0n) is 20.3. The van der Waals surface area contributed by atoms with E-state index in [1.165, 1.54) is 0 Å². The van der Waals surface area contributed by atoms with Gasteiger partial charge in [-0.2, -0.15) is 0 Å². The highest BCUT2D eigenvalue weighted by Gasteiger charge is 2.48. The Morgan fingerprint density at radius 1 is 0.667 bits per heavy atom. The minimum absolute atomic E-state index is 0.208. The average molecular weight is 502 g/mol. The van der Waals surface area contributed by atoms with Gasteiger partial charge in [-0.3, -0.25) is 0 Å². The minimum atomic E-state index is -0.392. The minimum Gasteiger partial charge on any atom is -0.368 e. The SMILES string of the molecule is C[C@@H]1O[C@@H](c2nccs2)[C@@H](OCc2ccccc2)[C@H](OCc2ccccc2)[C@@H]1OCc1ccccc1. The van der Waals surface area contributed by atoms with Gasteiger partial charge in [-0.05, 0) is 23.6 Å². The maximum atomic E-state index is 6.62. The van der Waals surface area contributed by atoms with Crippen molar-refractivity contribution in [1.29, 1.82) is 0 Å². The summed E-state index contributed by atoms with van der Waals surface area (Å²) >= 11 is 1.57. The maximum Gasteiger partial charge on any atom is 0.138 e. The number of benzene rings is 3. The fourth-order valence-corrected chi connectivity index (χ4v) is 5.20. The molecule has 1 fully saturated rings. The zero-order chi connectivity index (χ0) is 24.6. The first-order valence-corrected chi connectivity index (χ1v) is 13.2. The second-order valence-corrected chi connectivity index (χ2v) is 9.84. The molecule has 3 aromatic carbocycles. The van der Waals surface area contributed by atoms with Gasteiger partial charge in [0, 0.05) is 11.6 Å². The third-order valence-corrected chi connectivity index (χ3v) is 7.16. The van der Waals surface area contributed by atoms with E-state index >= 15 is 0 Å². The van der Waals surface area contributed by atoms with Crippen LogP contribution in [0.1, 0.15) is 34.7 Å². The number of hydrogen-bond donors (Lipinski definition) is 0. The summed E-state index contributed by atoms with van der Waals surface area (Å²) in [6, 6.07) is 30.6. The maximum absolute atomic E-state index is 6.62. The van der Waals surface area contributed by atoms with Crippen LogP contribution in [0.25, 0.3) is 0 Å². The molecule has 5 atom stereocenters. The standard InChI is InChI=1S/C30H31NO4S/c1-22-26(32-19-23-11-5-2-6-12-23)27(33-20-24-13-7-3-8-14-24)28(29(35-22)30-31-17-18-36-30)34-21-25-15-9-4-10-16-25/h2-18,22,26-29H,19-21H2,1H3/t22-,26+,27+,28-,29+/m0/s1.